The molecule has 1 fully saturated rings. The summed E-state index contributed by atoms with van der Waals surface area (Å²) in [5, 5.41) is 2.79. The number of imidazole rings is 1. The van der Waals surface area contributed by atoms with Gasteiger partial charge >= 0.3 is 0 Å². The second kappa shape index (κ2) is 5.20. The number of nitrogens with one attached hydrogen (secondary N) is 2. The second-order valence-electron chi connectivity index (χ2n) is 4.40. The van der Waals surface area contributed by atoms with Crippen LogP contribution in [0.2, 0.25) is 0 Å². The fourth-order valence-electron chi connectivity index (χ4n) is 2.13. The second-order valence-corrected chi connectivity index (χ2v) is 4.40. The Morgan fingerprint density at radius 2 is 2.39 bits per heavy atom. The molecule has 98 valence electrons. The first-order valence-electron chi connectivity index (χ1n) is 6.26. The van der Waals surface area contributed by atoms with Crippen LogP contribution in [0.15, 0.2) is 6.33 Å². The maximum atomic E-state index is 12.4. The van der Waals surface area contributed by atoms with E-state index in [1.54, 1.807) is 11.8 Å². The molecule has 1 atom stereocenters. The maximum absolute atomic E-state index is 12.4. The van der Waals surface area contributed by atoms with Crippen molar-refractivity contribution in [2.75, 3.05) is 13.1 Å². The fraction of sp³-hybridized carbons (Fsp3) is 0.583. The van der Waals surface area contributed by atoms with Crippen molar-refractivity contribution in [2.24, 2.45) is 0 Å². The molecule has 0 unspecified atom stereocenters. The van der Waals surface area contributed by atoms with Crippen molar-refractivity contribution in [1.82, 2.24) is 20.2 Å². The minimum atomic E-state index is -0.443. The molecule has 0 aromatic carbocycles. The number of aromatic amines is 1. The molecule has 0 bridgehead atoms. The summed E-state index contributed by atoms with van der Waals surface area (Å²) in [6.45, 7) is 4.91. The first-order valence-corrected chi connectivity index (χ1v) is 6.26. The quantitative estimate of drug-likeness (QED) is 0.793. The van der Waals surface area contributed by atoms with Gasteiger partial charge in [0.05, 0.1) is 6.33 Å². The molecule has 18 heavy (non-hydrogen) atoms. The van der Waals surface area contributed by atoms with Crippen molar-refractivity contribution in [3.05, 3.63) is 17.7 Å². The van der Waals surface area contributed by atoms with E-state index in [1.807, 2.05) is 6.92 Å². The number of H-pyrrole nitrogens is 1. The number of aromatic nitrogens is 2. The third-order valence-corrected chi connectivity index (χ3v) is 3.26. The van der Waals surface area contributed by atoms with E-state index >= 15 is 0 Å². The lowest BCUT2D eigenvalue weighted by atomic mass is 10.2. The average molecular weight is 250 g/mol. The van der Waals surface area contributed by atoms with Crippen LogP contribution in [0.3, 0.4) is 0 Å². The largest absolute Gasteiger partial charge is 0.354 e. The SMILES string of the molecule is CCc1[nH]cnc1C(=O)N1CCCNC(=O)[C@@H]1C. The van der Waals surface area contributed by atoms with Gasteiger partial charge in [-0.3, -0.25) is 9.59 Å². The topological polar surface area (TPSA) is 78.1 Å². The average Bonchev–Trinajstić information content (AvgIpc) is 2.78. The molecule has 0 spiro atoms. The lowest BCUT2D eigenvalue weighted by molar-refractivity contribution is -0.124. The number of hydrogen-bond acceptors (Lipinski definition) is 3. The molecular weight excluding hydrogens is 232 g/mol. The van der Waals surface area contributed by atoms with E-state index in [4.69, 9.17) is 0 Å². The molecule has 1 saturated heterocycles. The predicted octanol–water partition coefficient (Wildman–Crippen LogP) is 0.323. The zero-order chi connectivity index (χ0) is 13.1. The molecule has 0 aliphatic carbocycles. The smallest absolute Gasteiger partial charge is 0.275 e. The summed E-state index contributed by atoms with van der Waals surface area (Å²) in [5.41, 5.74) is 1.25. The summed E-state index contributed by atoms with van der Waals surface area (Å²) in [5.74, 6) is -0.271. The molecule has 2 heterocycles. The summed E-state index contributed by atoms with van der Waals surface area (Å²) in [6.07, 6.45) is 3.01. The number of rotatable bonds is 2. The third-order valence-electron chi connectivity index (χ3n) is 3.26. The van der Waals surface area contributed by atoms with Gasteiger partial charge in [0.2, 0.25) is 5.91 Å². The molecule has 1 aliphatic heterocycles. The monoisotopic (exact) mass is 250 g/mol. The summed E-state index contributed by atoms with van der Waals surface area (Å²) in [6, 6.07) is -0.443. The predicted molar refractivity (Wildman–Crippen MR) is 66.1 cm³/mol. The molecule has 1 aromatic heterocycles. The summed E-state index contributed by atoms with van der Waals surface area (Å²) in [4.78, 5) is 32.8. The van der Waals surface area contributed by atoms with Crippen molar-refractivity contribution in [3.63, 3.8) is 0 Å². The summed E-state index contributed by atoms with van der Waals surface area (Å²) >= 11 is 0. The summed E-state index contributed by atoms with van der Waals surface area (Å²) in [7, 11) is 0. The number of hydrogen-bond donors (Lipinski definition) is 2. The first kappa shape index (κ1) is 12.6. The molecule has 0 saturated carbocycles. The van der Waals surface area contributed by atoms with Gasteiger partial charge in [0, 0.05) is 18.8 Å². The van der Waals surface area contributed by atoms with Gasteiger partial charge in [0.25, 0.3) is 5.91 Å². The molecule has 2 N–H and O–H groups in total. The minimum absolute atomic E-state index is 0.102. The molecular formula is C12H18N4O2. The molecule has 6 heteroatoms. The van der Waals surface area contributed by atoms with Gasteiger partial charge in [-0.15, -0.1) is 0 Å². The third kappa shape index (κ3) is 2.23. The molecule has 1 aromatic rings. The van der Waals surface area contributed by atoms with Gasteiger partial charge in [0.15, 0.2) is 0 Å². The van der Waals surface area contributed by atoms with Gasteiger partial charge in [-0.1, -0.05) is 6.92 Å². The van der Waals surface area contributed by atoms with Crippen LogP contribution < -0.4 is 5.32 Å². The van der Waals surface area contributed by atoms with Gasteiger partial charge in [-0.05, 0) is 19.8 Å². The van der Waals surface area contributed by atoms with E-state index < -0.39 is 6.04 Å². The highest BCUT2D eigenvalue weighted by Crippen LogP contribution is 2.13. The highest BCUT2D eigenvalue weighted by Gasteiger charge is 2.30. The van der Waals surface area contributed by atoms with Crippen LogP contribution in [0.1, 0.15) is 36.5 Å². The number of carbonyl (C=O) groups is 2. The van der Waals surface area contributed by atoms with Crippen molar-refractivity contribution in [1.29, 1.82) is 0 Å². The van der Waals surface area contributed by atoms with Gasteiger partial charge < -0.3 is 15.2 Å². The van der Waals surface area contributed by atoms with Gasteiger partial charge in [0.1, 0.15) is 11.7 Å². The first-order chi connectivity index (χ1) is 8.65. The molecule has 0 radical (unpaired) electrons. The van der Waals surface area contributed by atoms with Crippen molar-refractivity contribution >= 4 is 11.8 Å². The van der Waals surface area contributed by atoms with Crippen molar-refractivity contribution in [2.45, 2.75) is 32.7 Å². The van der Waals surface area contributed by atoms with Crippen LogP contribution >= 0.6 is 0 Å². The molecule has 6 nitrogen and oxygen atoms in total. The van der Waals surface area contributed by atoms with E-state index in [0.29, 0.717) is 18.8 Å². The van der Waals surface area contributed by atoms with E-state index in [9.17, 15) is 9.59 Å². The Morgan fingerprint density at radius 3 is 3.11 bits per heavy atom. The van der Waals surface area contributed by atoms with Crippen molar-refractivity contribution < 1.29 is 9.59 Å². The van der Waals surface area contributed by atoms with Crippen LogP contribution in [0.4, 0.5) is 0 Å². The van der Waals surface area contributed by atoms with Crippen LogP contribution in [0.5, 0.6) is 0 Å². The number of aryl methyl sites for hydroxylation is 1. The minimum Gasteiger partial charge on any atom is -0.354 e. The zero-order valence-corrected chi connectivity index (χ0v) is 10.7. The number of carbonyl (C=O) groups excluding carboxylic acids is 2. The standard InChI is InChI=1S/C12H18N4O2/c1-3-9-10(15-7-14-9)12(18)16-6-4-5-13-11(17)8(16)2/h7-8H,3-6H2,1-2H3,(H,13,17)(H,14,15)/t8-/m0/s1. The van der Waals surface area contributed by atoms with E-state index in [0.717, 1.165) is 18.5 Å². The highest BCUT2D eigenvalue weighted by molar-refractivity contribution is 5.97. The normalized spacial score (nSPS) is 20.4. The maximum Gasteiger partial charge on any atom is 0.275 e. The summed E-state index contributed by atoms with van der Waals surface area (Å²) < 4.78 is 0. The van der Waals surface area contributed by atoms with Crippen LogP contribution in [0.25, 0.3) is 0 Å². The van der Waals surface area contributed by atoms with Gasteiger partial charge in [-0.25, -0.2) is 4.98 Å². The Hall–Kier alpha value is -1.85. The van der Waals surface area contributed by atoms with Crippen LogP contribution in [-0.4, -0.2) is 45.8 Å². The Morgan fingerprint density at radius 1 is 1.61 bits per heavy atom. The Bertz CT molecular complexity index is 455. The van der Waals surface area contributed by atoms with Crippen LogP contribution in [-0.2, 0) is 11.2 Å². The number of nitrogens with zero attached hydrogens (tertiary/aromatic N) is 2. The zero-order valence-electron chi connectivity index (χ0n) is 10.7. The van der Waals surface area contributed by atoms with E-state index in [1.165, 1.54) is 6.33 Å². The fourth-order valence-corrected chi connectivity index (χ4v) is 2.13. The molecule has 1 aliphatic rings. The Balaban J connectivity index is 2.24. The Labute approximate surface area is 106 Å². The molecule has 2 amide bonds. The van der Waals surface area contributed by atoms with E-state index in [-0.39, 0.29) is 11.8 Å². The lowest BCUT2D eigenvalue weighted by Crippen LogP contribution is -2.45. The van der Waals surface area contributed by atoms with Crippen molar-refractivity contribution in [3.8, 4) is 0 Å². The molecule has 2 rings (SSSR count). The van der Waals surface area contributed by atoms with Crippen LogP contribution in [0, 0.1) is 0 Å². The lowest BCUT2D eigenvalue weighted by Gasteiger charge is -2.25. The van der Waals surface area contributed by atoms with E-state index in [2.05, 4.69) is 15.3 Å². The van der Waals surface area contributed by atoms with Gasteiger partial charge in [-0.2, -0.15) is 0 Å². The highest BCUT2D eigenvalue weighted by atomic mass is 16.2. The number of amides is 2. The Kier molecular flexibility index (Phi) is 3.64.